The van der Waals surface area contributed by atoms with Crippen LogP contribution in [0, 0.1) is 0 Å². The van der Waals surface area contributed by atoms with Crippen LogP contribution in [0.5, 0.6) is 0 Å². The van der Waals surface area contributed by atoms with Gasteiger partial charge in [0.2, 0.25) is 5.91 Å². The molecule has 0 fully saturated rings. The number of likely N-dealkylation sites (N-methyl/N-ethyl adjacent to an activating group) is 1. The van der Waals surface area contributed by atoms with E-state index in [1.165, 1.54) is 77.0 Å². The first kappa shape index (κ1) is 50.5. The van der Waals surface area contributed by atoms with E-state index in [2.05, 4.69) is 55.6 Å². The molecule has 0 radical (unpaired) electrons. The number of hydrogen-bond acceptors (Lipinski definition) is 6. The first-order valence-electron chi connectivity index (χ1n) is 21.0. The number of aliphatic hydroxyl groups excluding tert-OH is 1. The van der Waals surface area contributed by atoms with E-state index in [9.17, 15) is 19.4 Å². The van der Waals surface area contributed by atoms with Crippen LogP contribution in [0.2, 0.25) is 0 Å². The summed E-state index contributed by atoms with van der Waals surface area (Å²) in [5.74, 6) is -0.226. The topological polar surface area (TPSA) is 108 Å². The number of rotatable bonds is 37. The summed E-state index contributed by atoms with van der Waals surface area (Å²) in [7, 11) is 1.22. The third-order valence-corrected chi connectivity index (χ3v) is 9.93. The summed E-state index contributed by atoms with van der Waals surface area (Å²) in [5.41, 5.74) is 0. The standard InChI is InChI=1S/C43H81N2O6P/c1-6-8-10-12-14-16-18-19-20-21-22-23-24-25-26-27-28-30-32-34-36-42(46)41(40-51-52(48,49)50-39-38-45(3,4)5)44-43(47)37-35-33-31-29-17-15-13-11-9-7-2/h11,13,23-24,27-28,34,36,41-42,46H,6-10,12,14-22,25-26,29-33,35,37-40H2,1-5H3,(H-,44,47,48,49)/b13-11-,24-23+,28-27+,36-34+. The summed E-state index contributed by atoms with van der Waals surface area (Å²) < 4.78 is 23.1. The Hall–Kier alpha value is -1.54. The molecule has 1 amide bonds. The Bertz CT molecular complexity index is 991. The molecule has 2 N–H and O–H groups in total. The third-order valence-electron chi connectivity index (χ3n) is 8.97. The Morgan fingerprint density at radius 1 is 0.654 bits per heavy atom. The van der Waals surface area contributed by atoms with Gasteiger partial charge in [-0.05, 0) is 64.2 Å². The van der Waals surface area contributed by atoms with Gasteiger partial charge >= 0.3 is 0 Å². The molecule has 8 nitrogen and oxygen atoms in total. The highest BCUT2D eigenvalue weighted by Gasteiger charge is 2.23. The second kappa shape index (κ2) is 35.2. The fourth-order valence-corrected chi connectivity index (χ4v) is 6.32. The van der Waals surface area contributed by atoms with E-state index in [0.717, 1.165) is 70.6 Å². The van der Waals surface area contributed by atoms with E-state index in [-0.39, 0.29) is 12.5 Å². The van der Waals surface area contributed by atoms with Crippen LogP contribution in [0.4, 0.5) is 0 Å². The Labute approximate surface area is 320 Å². The highest BCUT2D eigenvalue weighted by atomic mass is 31.2. The Kier molecular flexibility index (Phi) is 34.1. The van der Waals surface area contributed by atoms with Gasteiger partial charge in [0.15, 0.2) is 0 Å². The van der Waals surface area contributed by atoms with Crippen LogP contribution in [0.25, 0.3) is 0 Å². The minimum Gasteiger partial charge on any atom is -0.756 e. The number of nitrogens with zero attached hydrogens (tertiary/aromatic N) is 1. The quantitative estimate of drug-likeness (QED) is 0.0283. The van der Waals surface area contributed by atoms with Gasteiger partial charge in [0.25, 0.3) is 7.82 Å². The van der Waals surface area contributed by atoms with Crippen LogP contribution in [0.15, 0.2) is 48.6 Å². The van der Waals surface area contributed by atoms with E-state index in [4.69, 9.17) is 9.05 Å². The molecule has 0 aliphatic rings. The van der Waals surface area contributed by atoms with E-state index in [1.54, 1.807) is 6.08 Å². The van der Waals surface area contributed by atoms with Crippen LogP contribution < -0.4 is 10.2 Å². The van der Waals surface area contributed by atoms with E-state index in [1.807, 2.05) is 27.2 Å². The number of aliphatic hydroxyl groups is 1. The van der Waals surface area contributed by atoms with Crippen LogP contribution in [0.1, 0.15) is 168 Å². The molecule has 9 heteroatoms. The first-order valence-corrected chi connectivity index (χ1v) is 22.5. The molecule has 0 spiro atoms. The van der Waals surface area contributed by atoms with E-state index in [0.29, 0.717) is 17.4 Å². The molecule has 0 saturated carbocycles. The summed E-state index contributed by atoms with van der Waals surface area (Å²) in [6.07, 6.45) is 43.1. The molecule has 0 rings (SSSR count). The van der Waals surface area contributed by atoms with Crippen molar-refractivity contribution < 1.29 is 32.9 Å². The van der Waals surface area contributed by atoms with Crippen LogP contribution >= 0.6 is 7.82 Å². The Morgan fingerprint density at radius 3 is 1.63 bits per heavy atom. The molecule has 3 atom stereocenters. The lowest BCUT2D eigenvalue weighted by Gasteiger charge is -2.29. The molecule has 0 aliphatic heterocycles. The van der Waals surface area contributed by atoms with Crippen molar-refractivity contribution in [3.63, 3.8) is 0 Å². The molecule has 304 valence electrons. The van der Waals surface area contributed by atoms with E-state index < -0.39 is 26.6 Å². The lowest BCUT2D eigenvalue weighted by Crippen LogP contribution is -2.45. The van der Waals surface area contributed by atoms with Crippen molar-refractivity contribution in [2.75, 3.05) is 40.9 Å². The third kappa shape index (κ3) is 36.8. The number of nitrogens with one attached hydrogen (secondary N) is 1. The first-order chi connectivity index (χ1) is 25.0. The lowest BCUT2D eigenvalue weighted by molar-refractivity contribution is -0.870. The normalized spacial score (nSPS) is 15.0. The van der Waals surface area contributed by atoms with Crippen molar-refractivity contribution in [3.8, 4) is 0 Å². The van der Waals surface area contributed by atoms with E-state index >= 15 is 0 Å². The molecule has 0 aromatic carbocycles. The Balaban J connectivity index is 4.51. The van der Waals surface area contributed by atoms with Gasteiger partial charge in [0, 0.05) is 6.42 Å². The zero-order valence-corrected chi connectivity index (χ0v) is 35.1. The summed E-state index contributed by atoms with van der Waals surface area (Å²) in [6, 6.07) is -0.912. The number of hydrogen-bond donors (Lipinski definition) is 2. The molecule has 0 bridgehead atoms. The monoisotopic (exact) mass is 753 g/mol. The number of allylic oxidation sites excluding steroid dienone is 7. The minimum absolute atomic E-state index is 0.0119. The minimum atomic E-state index is -4.60. The predicted molar refractivity (Wildman–Crippen MR) is 219 cm³/mol. The fraction of sp³-hybridized carbons (Fsp3) is 0.791. The fourth-order valence-electron chi connectivity index (χ4n) is 5.60. The summed E-state index contributed by atoms with van der Waals surface area (Å²) >= 11 is 0. The number of carbonyl (C=O) groups is 1. The number of phosphoric acid groups is 1. The predicted octanol–water partition coefficient (Wildman–Crippen LogP) is 10.7. The maximum absolute atomic E-state index is 12.8. The molecular weight excluding hydrogens is 671 g/mol. The number of carbonyl (C=O) groups excluding carboxylic acids is 1. The summed E-state index contributed by atoms with van der Waals surface area (Å²) in [4.78, 5) is 25.1. The van der Waals surface area contributed by atoms with Crippen molar-refractivity contribution >= 4 is 13.7 Å². The zero-order valence-electron chi connectivity index (χ0n) is 34.2. The van der Waals surface area contributed by atoms with Gasteiger partial charge in [0.1, 0.15) is 13.2 Å². The molecule has 0 aromatic heterocycles. The smallest absolute Gasteiger partial charge is 0.268 e. The molecule has 3 unspecified atom stereocenters. The lowest BCUT2D eigenvalue weighted by atomic mass is 10.1. The van der Waals surface area contributed by atoms with Crippen molar-refractivity contribution in [2.24, 2.45) is 0 Å². The number of phosphoric ester groups is 1. The van der Waals surface area contributed by atoms with Crippen molar-refractivity contribution in [1.82, 2.24) is 5.32 Å². The van der Waals surface area contributed by atoms with Gasteiger partial charge in [-0.1, -0.05) is 146 Å². The molecule has 0 heterocycles. The SMILES string of the molecule is CCC/C=C\CCCCCCCC(=O)NC(COP(=O)([O-])OCC[N+](C)(C)C)C(O)/C=C/CC/C=C/CC/C=C/CCCCCCCCCCCC. The van der Waals surface area contributed by atoms with Gasteiger partial charge < -0.3 is 28.8 Å². The van der Waals surface area contributed by atoms with Crippen LogP contribution in [-0.4, -0.2) is 68.5 Å². The largest absolute Gasteiger partial charge is 0.756 e. The molecule has 0 aliphatic carbocycles. The Morgan fingerprint density at radius 2 is 1.12 bits per heavy atom. The second-order valence-electron chi connectivity index (χ2n) is 15.3. The maximum atomic E-state index is 12.8. The maximum Gasteiger partial charge on any atom is 0.268 e. The average molecular weight is 753 g/mol. The molecular formula is C43H81N2O6P. The van der Waals surface area contributed by atoms with Crippen molar-refractivity contribution in [2.45, 2.75) is 180 Å². The summed E-state index contributed by atoms with van der Waals surface area (Å²) in [5, 5.41) is 13.7. The summed E-state index contributed by atoms with van der Waals surface area (Å²) in [6.45, 7) is 4.52. The average Bonchev–Trinajstić information content (AvgIpc) is 3.09. The highest BCUT2D eigenvalue weighted by molar-refractivity contribution is 7.45. The number of quaternary nitrogens is 1. The molecule has 0 aromatic rings. The van der Waals surface area contributed by atoms with Crippen molar-refractivity contribution in [3.05, 3.63) is 48.6 Å². The van der Waals surface area contributed by atoms with Crippen LogP contribution in [-0.2, 0) is 18.4 Å². The zero-order chi connectivity index (χ0) is 38.6. The number of unbranched alkanes of at least 4 members (excludes halogenated alkanes) is 18. The number of amides is 1. The van der Waals surface area contributed by atoms with Crippen LogP contribution in [0.3, 0.4) is 0 Å². The van der Waals surface area contributed by atoms with Gasteiger partial charge in [0.05, 0.1) is 39.9 Å². The van der Waals surface area contributed by atoms with Gasteiger partial charge in [-0.15, -0.1) is 0 Å². The van der Waals surface area contributed by atoms with Gasteiger partial charge in [-0.3, -0.25) is 9.36 Å². The highest BCUT2D eigenvalue weighted by Crippen LogP contribution is 2.38. The van der Waals surface area contributed by atoms with Gasteiger partial charge in [-0.2, -0.15) is 0 Å². The molecule has 0 saturated heterocycles. The molecule has 52 heavy (non-hydrogen) atoms. The van der Waals surface area contributed by atoms with Crippen molar-refractivity contribution in [1.29, 1.82) is 0 Å². The van der Waals surface area contributed by atoms with Gasteiger partial charge in [-0.25, -0.2) is 0 Å². The second-order valence-corrected chi connectivity index (χ2v) is 16.7.